The van der Waals surface area contributed by atoms with Gasteiger partial charge in [0.15, 0.2) is 0 Å². The smallest absolute Gasteiger partial charge is 0.301 e. The van der Waals surface area contributed by atoms with Gasteiger partial charge in [0.1, 0.15) is 0 Å². The molecular weight excluding hydrogens is 342 g/mol. The summed E-state index contributed by atoms with van der Waals surface area (Å²) in [6.45, 7) is 7.26. The maximum Gasteiger partial charge on any atom is 0.328 e. The van der Waals surface area contributed by atoms with Crippen LogP contribution < -0.4 is 10.2 Å². The molecule has 0 unspecified atom stereocenters. The molecule has 0 saturated carbocycles. The van der Waals surface area contributed by atoms with Crippen molar-refractivity contribution in [2.45, 2.75) is 45.6 Å². The van der Waals surface area contributed by atoms with E-state index in [1.54, 1.807) is 15.6 Å². The van der Waals surface area contributed by atoms with Crippen LogP contribution >= 0.6 is 0 Å². The van der Waals surface area contributed by atoms with Crippen LogP contribution in [0.4, 0.5) is 10.5 Å². The van der Waals surface area contributed by atoms with Crippen LogP contribution in [0.5, 0.6) is 0 Å². The summed E-state index contributed by atoms with van der Waals surface area (Å²) in [6.07, 6.45) is 7.49. The van der Waals surface area contributed by atoms with E-state index in [0.29, 0.717) is 24.9 Å². The van der Waals surface area contributed by atoms with Gasteiger partial charge in [-0.05, 0) is 69.8 Å². The fraction of sp³-hybridized carbons (Fsp3) is 0.550. The third-order valence-electron chi connectivity index (χ3n) is 5.81. The molecule has 1 N–H and O–H groups in total. The van der Waals surface area contributed by atoms with Crippen molar-refractivity contribution >= 4 is 23.1 Å². The minimum atomic E-state index is -0.368. The average Bonchev–Trinajstić information content (AvgIpc) is 3.05. The Balaban J connectivity index is 1.51. The Kier molecular flexibility index (Phi) is 4.86. The molecule has 2 fully saturated rings. The van der Waals surface area contributed by atoms with Gasteiger partial charge in [0.05, 0.1) is 17.4 Å². The van der Waals surface area contributed by atoms with Crippen LogP contribution in [0.15, 0.2) is 24.5 Å². The second-order valence-corrected chi connectivity index (χ2v) is 7.93. The van der Waals surface area contributed by atoms with Crippen LogP contribution in [0.25, 0.3) is 5.52 Å². The van der Waals surface area contributed by atoms with Gasteiger partial charge in [0.2, 0.25) is 5.91 Å². The topological polar surface area (TPSA) is 70.0 Å². The summed E-state index contributed by atoms with van der Waals surface area (Å²) >= 11 is 0. The number of carbonyl (C=O) groups excluding carboxylic acids is 2. The van der Waals surface area contributed by atoms with Gasteiger partial charge in [0, 0.05) is 25.2 Å². The number of amides is 3. The highest BCUT2D eigenvalue weighted by molar-refractivity contribution is 6.07. The Labute approximate surface area is 159 Å². The van der Waals surface area contributed by atoms with Crippen LogP contribution in [0.3, 0.4) is 0 Å². The molecule has 0 radical (unpaired) electrons. The third kappa shape index (κ3) is 3.69. The maximum atomic E-state index is 12.2. The zero-order valence-electron chi connectivity index (χ0n) is 16.0. The van der Waals surface area contributed by atoms with Gasteiger partial charge in [-0.2, -0.15) is 5.10 Å². The molecule has 7 heteroatoms. The fourth-order valence-corrected chi connectivity index (χ4v) is 4.15. The largest absolute Gasteiger partial charge is 0.328 e. The van der Waals surface area contributed by atoms with Crippen molar-refractivity contribution in [1.82, 2.24) is 19.8 Å². The lowest BCUT2D eigenvalue weighted by Gasteiger charge is -2.34. The number of urea groups is 1. The lowest BCUT2D eigenvalue weighted by atomic mass is 9.90. The zero-order chi connectivity index (χ0) is 19.0. The minimum absolute atomic E-state index is 0.221. The number of rotatable bonds is 4. The van der Waals surface area contributed by atoms with Crippen LogP contribution in [-0.4, -0.2) is 52.1 Å². The van der Waals surface area contributed by atoms with E-state index >= 15 is 0 Å². The predicted octanol–water partition coefficient (Wildman–Crippen LogP) is 2.44. The molecule has 0 atom stereocenters. The highest BCUT2D eigenvalue weighted by Gasteiger charge is 2.27. The molecule has 2 aromatic heterocycles. The quantitative estimate of drug-likeness (QED) is 0.899. The van der Waals surface area contributed by atoms with E-state index in [4.69, 9.17) is 0 Å². The first-order valence-electron chi connectivity index (χ1n) is 9.83. The molecule has 0 spiro atoms. The number of nitrogens with zero attached hydrogens (tertiary/aromatic N) is 4. The number of hydrogen-bond acceptors (Lipinski definition) is 4. The minimum Gasteiger partial charge on any atom is -0.301 e. The van der Waals surface area contributed by atoms with Gasteiger partial charge < -0.3 is 4.90 Å². The molecule has 4 heterocycles. The summed E-state index contributed by atoms with van der Waals surface area (Å²) in [5.41, 5.74) is 2.95. The molecule has 2 aliphatic heterocycles. The molecule has 2 saturated heterocycles. The Hall–Kier alpha value is -2.41. The number of aromatic nitrogens is 2. The van der Waals surface area contributed by atoms with Crippen molar-refractivity contribution < 1.29 is 9.59 Å². The summed E-state index contributed by atoms with van der Waals surface area (Å²) in [5, 5.41) is 6.75. The standard InChI is InChI=1S/C20H27N5O2/c1-14(2)23-7-3-15(4-8-23)11-16-5-10-25-17(12-16)18(13-21-25)24-9-6-19(26)22-20(24)27/h5,10,12-15H,3-4,6-9,11H2,1-2H3,(H,22,26,27). The predicted molar refractivity (Wildman–Crippen MR) is 104 cm³/mol. The van der Waals surface area contributed by atoms with Gasteiger partial charge >= 0.3 is 6.03 Å². The number of hydrogen-bond donors (Lipinski definition) is 1. The number of carbonyl (C=O) groups is 2. The summed E-state index contributed by atoms with van der Waals surface area (Å²) in [4.78, 5) is 27.7. The van der Waals surface area contributed by atoms with Gasteiger partial charge in [-0.1, -0.05) is 0 Å². The monoisotopic (exact) mass is 369 g/mol. The molecule has 2 aromatic rings. The summed E-state index contributed by atoms with van der Waals surface area (Å²) < 4.78 is 1.80. The average molecular weight is 369 g/mol. The summed E-state index contributed by atoms with van der Waals surface area (Å²) in [6, 6.07) is 4.52. The number of piperidine rings is 1. The maximum absolute atomic E-state index is 12.2. The SMILES string of the molecule is CC(C)N1CCC(Cc2ccn3ncc(N4CCC(=O)NC4=O)c3c2)CC1. The first-order chi connectivity index (χ1) is 13.0. The van der Waals surface area contributed by atoms with Crippen molar-refractivity contribution in [2.24, 2.45) is 5.92 Å². The summed E-state index contributed by atoms with van der Waals surface area (Å²) in [5.74, 6) is 0.478. The first kappa shape index (κ1) is 18.0. The van der Waals surface area contributed by atoms with Gasteiger partial charge in [-0.15, -0.1) is 0 Å². The lowest BCUT2D eigenvalue weighted by molar-refractivity contribution is -0.120. The number of nitrogens with one attached hydrogen (secondary N) is 1. The highest BCUT2D eigenvalue weighted by atomic mass is 16.2. The zero-order valence-corrected chi connectivity index (χ0v) is 16.0. The van der Waals surface area contributed by atoms with E-state index < -0.39 is 0 Å². The Morgan fingerprint density at radius 3 is 2.70 bits per heavy atom. The molecule has 144 valence electrons. The fourth-order valence-electron chi connectivity index (χ4n) is 4.15. The Morgan fingerprint density at radius 1 is 1.22 bits per heavy atom. The summed E-state index contributed by atoms with van der Waals surface area (Å²) in [7, 11) is 0. The molecule has 0 bridgehead atoms. The van der Waals surface area contributed by atoms with Crippen molar-refractivity contribution in [2.75, 3.05) is 24.5 Å². The Morgan fingerprint density at radius 2 is 2.00 bits per heavy atom. The lowest BCUT2D eigenvalue weighted by Crippen LogP contribution is -2.49. The number of pyridine rings is 1. The molecular formula is C20H27N5O2. The van der Waals surface area contributed by atoms with Gasteiger partial charge in [-0.25, -0.2) is 9.31 Å². The van der Waals surface area contributed by atoms with Crippen molar-refractivity contribution in [3.8, 4) is 0 Å². The van der Waals surface area contributed by atoms with E-state index in [0.717, 1.165) is 17.6 Å². The number of anilines is 1. The second-order valence-electron chi connectivity index (χ2n) is 7.93. The third-order valence-corrected chi connectivity index (χ3v) is 5.81. The number of imide groups is 1. The van der Waals surface area contributed by atoms with E-state index in [-0.39, 0.29) is 11.9 Å². The molecule has 0 aliphatic carbocycles. The normalized spacial score (nSPS) is 19.9. The van der Waals surface area contributed by atoms with Crippen LogP contribution in [0.2, 0.25) is 0 Å². The number of likely N-dealkylation sites (tertiary alicyclic amines) is 1. The van der Waals surface area contributed by atoms with E-state index in [1.807, 2.05) is 6.20 Å². The van der Waals surface area contributed by atoms with E-state index in [2.05, 4.69) is 41.3 Å². The van der Waals surface area contributed by atoms with E-state index in [1.165, 1.54) is 31.5 Å². The number of fused-ring (bicyclic) bond motifs is 1. The Bertz CT molecular complexity index is 851. The molecule has 27 heavy (non-hydrogen) atoms. The van der Waals surface area contributed by atoms with Gasteiger partial charge in [-0.3, -0.25) is 15.0 Å². The van der Waals surface area contributed by atoms with Crippen molar-refractivity contribution in [3.63, 3.8) is 0 Å². The molecule has 7 nitrogen and oxygen atoms in total. The molecule has 2 aliphatic rings. The first-order valence-corrected chi connectivity index (χ1v) is 9.83. The van der Waals surface area contributed by atoms with Crippen LogP contribution in [0.1, 0.15) is 38.7 Å². The van der Waals surface area contributed by atoms with E-state index in [9.17, 15) is 9.59 Å². The molecule has 4 rings (SSSR count). The highest BCUT2D eigenvalue weighted by Crippen LogP contribution is 2.27. The van der Waals surface area contributed by atoms with Crippen molar-refractivity contribution in [3.05, 3.63) is 30.1 Å². The van der Waals surface area contributed by atoms with Crippen LogP contribution in [0, 0.1) is 5.92 Å². The van der Waals surface area contributed by atoms with Crippen LogP contribution in [-0.2, 0) is 11.2 Å². The van der Waals surface area contributed by atoms with Gasteiger partial charge in [0.25, 0.3) is 0 Å². The molecule has 3 amide bonds. The second kappa shape index (κ2) is 7.31. The molecule has 0 aromatic carbocycles. The van der Waals surface area contributed by atoms with Crippen molar-refractivity contribution in [1.29, 1.82) is 0 Å².